The second-order valence-corrected chi connectivity index (χ2v) is 6.24. The lowest BCUT2D eigenvalue weighted by Crippen LogP contribution is -2.27. The zero-order chi connectivity index (χ0) is 15.8. The molecular weight excluding hydrogens is 340 g/mol. The highest BCUT2D eigenvalue weighted by Gasteiger charge is 2.23. The van der Waals surface area contributed by atoms with Gasteiger partial charge in [0.05, 0.1) is 24.4 Å². The average molecular weight is 355 g/mol. The van der Waals surface area contributed by atoms with Crippen molar-refractivity contribution in [2.24, 2.45) is 0 Å². The predicted octanol–water partition coefficient (Wildman–Crippen LogP) is 3.37. The van der Waals surface area contributed by atoms with E-state index in [2.05, 4.69) is 21.0 Å². The maximum absolute atomic E-state index is 12.1. The third-order valence-corrected chi connectivity index (χ3v) is 3.32. The van der Waals surface area contributed by atoms with Gasteiger partial charge in [-0.3, -0.25) is 0 Å². The number of carbonyl (C=O) groups is 2. The standard InChI is InChI=1S/C14H15BrN2O4/c1-14(2,3)21-13(19)17-10-6-5-9(15)11(12(18)20-4)8(10)7-16-17/h5-7H,1-4H3. The molecule has 0 fully saturated rings. The third-order valence-electron chi connectivity index (χ3n) is 2.66. The lowest BCUT2D eigenvalue weighted by atomic mass is 10.1. The number of halogens is 1. The number of aromatic nitrogens is 2. The van der Waals surface area contributed by atoms with Gasteiger partial charge in [0, 0.05) is 9.86 Å². The zero-order valence-electron chi connectivity index (χ0n) is 12.1. The van der Waals surface area contributed by atoms with Crippen LogP contribution in [0.3, 0.4) is 0 Å². The van der Waals surface area contributed by atoms with Crippen LogP contribution in [0.4, 0.5) is 4.79 Å². The summed E-state index contributed by atoms with van der Waals surface area (Å²) in [4.78, 5) is 24.0. The zero-order valence-corrected chi connectivity index (χ0v) is 13.7. The molecule has 1 aromatic heterocycles. The number of esters is 1. The number of carbonyl (C=O) groups excluding carboxylic acids is 2. The van der Waals surface area contributed by atoms with E-state index in [1.807, 2.05) is 0 Å². The summed E-state index contributed by atoms with van der Waals surface area (Å²) in [6, 6.07) is 3.35. The third kappa shape index (κ3) is 3.07. The molecule has 0 aliphatic heterocycles. The van der Waals surface area contributed by atoms with E-state index in [1.54, 1.807) is 32.9 Å². The Morgan fingerprint density at radius 3 is 2.52 bits per heavy atom. The van der Waals surface area contributed by atoms with Crippen LogP contribution in [0.1, 0.15) is 31.1 Å². The first-order valence-electron chi connectivity index (χ1n) is 6.22. The largest absolute Gasteiger partial charge is 0.465 e. The SMILES string of the molecule is COC(=O)c1c(Br)ccc2c1cnn2C(=O)OC(C)(C)C. The molecule has 1 heterocycles. The minimum absolute atomic E-state index is 0.324. The van der Waals surface area contributed by atoms with Crippen molar-refractivity contribution in [3.63, 3.8) is 0 Å². The number of nitrogens with zero attached hydrogens (tertiary/aromatic N) is 2. The van der Waals surface area contributed by atoms with E-state index in [0.29, 0.717) is 20.9 Å². The molecule has 1 aromatic carbocycles. The van der Waals surface area contributed by atoms with Crippen LogP contribution in [0.15, 0.2) is 22.8 Å². The van der Waals surface area contributed by atoms with Crippen molar-refractivity contribution in [1.82, 2.24) is 9.78 Å². The van der Waals surface area contributed by atoms with Crippen molar-refractivity contribution in [2.75, 3.05) is 7.11 Å². The molecule has 21 heavy (non-hydrogen) atoms. The van der Waals surface area contributed by atoms with Crippen molar-refractivity contribution in [3.8, 4) is 0 Å². The Morgan fingerprint density at radius 1 is 1.29 bits per heavy atom. The van der Waals surface area contributed by atoms with Crippen LogP contribution in [0.5, 0.6) is 0 Å². The summed E-state index contributed by atoms with van der Waals surface area (Å²) in [5.74, 6) is -0.504. The smallest absolute Gasteiger partial charge is 0.435 e. The molecule has 0 atom stereocenters. The predicted molar refractivity (Wildman–Crippen MR) is 80.4 cm³/mol. The highest BCUT2D eigenvalue weighted by molar-refractivity contribution is 9.10. The van der Waals surface area contributed by atoms with E-state index < -0.39 is 17.7 Å². The normalized spacial score (nSPS) is 11.5. The van der Waals surface area contributed by atoms with Gasteiger partial charge >= 0.3 is 12.1 Å². The Balaban J connectivity index is 2.56. The minimum atomic E-state index is -0.629. The molecule has 0 aliphatic carbocycles. The average Bonchev–Trinajstić information content (AvgIpc) is 2.79. The fraction of sp³-hybridized carbons (Fsp3) is 0.357. The summed E-state index contributed by atoms with van der Waals surface area (Å²) in [6.45, 7) is 5.31. The van der Waals surface area contributed by atoms with Crippen LogP contribution in [0.25, 0.3) is 10.9 Å². The van der Waals surface area contributed by atoms with E-state index in [1.165, 1.54) is 13.3 Å². The van der Waals surface area contributed by atoms with Crippen molar-refractivity contribution in [2.45, 2.75) is 26.4 Å². The molecule has 2 aromatic rings. The summed E-state index contributed by atoms with van der Waals surface area (Å²) >= 11 is 3.30. The van der Waals surface area contributed by atoms with Gasteiger partial charge < -0.3 is 9.47 Å². The Bertz CT molecular complexity index is 716. The van der Waals surface area contributed by atoms with Crippen LogP contribution in [-0.2, 0) is 9.47 Å². The molecule has 0 spiro atoms. The molecule has 0 aliphatic rings. The Kier molecular flexibility index (Phi) is 4.04. The van der Waals surface area contributed by atoms with Crippen molar-refractivity contribution < 1.29 is 19.1 Å². The maximum atomic E-state index is 12.1. The van der Waals surface area contributed by atoms with Gasteiger partial charge in [0.1, 0.15) is 5.60 Å². The fourth-order valence-electron chi connectivity index (χ4n) is 1.84. The molecule has 7 heteroatoms. The first-order chi connectivity index (χ1) is 9.74. The number of methoxy groups -OCH3 is 1. The summed E-state index contributed by atoms with van der Waals surface area (Å²) in [7, 11) is 1.30. The molecule has 0 saturated heterocycles. The monoisotopic (exact) mass is 354 g/mol. The number of fused-ring (bicyclic) bond motifs is 1. The Hall–Kier alpha value is -1.89. The summed E-state index contributed by atoms with van der Waals surface area (Å²) in [5, 5.41) is 4.53. The van der Waals surface area contributed by atoms with Crippen molar-refractivity contribution >= 4 is 38.9 Å². The number of benzene rings is 1. The molecule has 0 saturated carbocycles. The molecule has 6 nitrogen and oxygen atoms in total. The van der Waals surface area contributed by atoms with Crippen LogP contribution in [0, 0.1) is 0 Å². The molecule has 112 valence electrons. The van der Waals surface area contributed by atoms with E-state index in [0.717, 1.165) is 4.68 Å². The Labute approximate surface area is 130 Å². The molecule has 0 N–H and O–H groups in total. The maximum Gasteiger partial charge on any atom is 0.435 e. The molecule has 0 amide bonds. The molecule has 2 rings (SSSR count). The molecule has 0 unspecified atom stereocenters. The Morgan fingerprint density at radius 2 is 1.95 bits per heavy atom. The van der Waals surface area contributed by atoms with Gasteiger partial charge in [0.25, 0.3) is 0 Å². The van der Waals surface area contributed by atoms with Gasteiger partial charge in [0.15, 0.2) is 0 Å². The van der Waals surface area contributed by atoms with Crippen LogP contribution in [-0.4, -0.2) is 34.6 Å². The highest BCUT2D eigenvalue weighted by atomic mass is 79.9. The summed E-state index contributed by atoms with van der Waals surface area (Å²) < 4.78 is 11.7. The van der Waals surface area contributed by atoms with Gasteiger partial charge in [0.2, 0.25) is 0 Å². The highest BCUT2D eigenvalue weighted by Crippen LogP contribution is 2.27. The van der Waals surface area contributed by atoms with Crippen LogP contribution < -0.4 is 0 Å². The van der Waals surface area contributed by atoms with E-state index in [9.17, 15) is 9.59 Å². The van der Waals surface area contributed by atoms with E-state index in [4.69, 9.17) is 9.47 Å². The number of hydrogen-bond acceptors (Lipinski definition) is 5. The topological polar surface area (TPSA) is 70.4 Å². The fourth-order valence-corrected chi connectivity index (χ4v) is 2.34. The molecule has 0 bridgehead atoms. The number of rotatable bonds is 1. The van der Waals surface area contributed by atoms with Gasteiger partial charge in [-0.25, -0.2) is 9.59 Å². The van der Waals surface area contributed by atoms with Gasteiger partial charge in [-0.05, 0) is 48.8 Å². The quantitative estimate of drug-likeness (QED) is 0.734. The van der Waals surface area contributed by atoms with E-state index in [-0.39, 0.29) is 0 Å². The lowest BCUT2D eigenvalue weighted by Gasteiger charge is -2.19. The first-order valence-corrected chi connectivity index (χ1v) is 7.02. The second-order valence-electron chi connectivity index (χ2n) is 5.38. The van der Waals surface area contributed by atoms with Crippen LogP contribution in [0.2, 0.25) is 0 Å². The van der Waals surface area contributed by atoms with Gasteiger partial charge in [-0.1, -0.05) is 0 Å². The summed E-state index contributed by atoms with van der Waals surface area (Å²) in [5.41, 5.74) is 0.174. The summed E-state index contributed by atoms with van der Waals surface area (Å²) in [6.07, 6.45) is 0.839. The first kappa shape index (κ1) is 15.5. The van der Waals surface area contributed by atoms with Crippen molar-refractivity contribution in [1.29, 1.82) is 0 Å². The van der Waals surface area contributed by atoms with Gasteiger partial charge in [-0.2, -0.15) is 9.78 Å². The van der Waals surface area contributed by atoms with Crippen molar-refractivity contribution in [3.05, 3.63) is 28.4 Å². The molecular formula is C14H15BrN2O4. The van der Waals surface area contributed by atoms with Gasteiger partial charge in [-0.15, -0.1) is 0 Å². The number of ether oxygens (including phenoxy) is 2. The second kappa shape index (κ2) is 5.48. The lowest BCUT2D eigenvalue weighted by molar-refractivity contribution is 0.0521. The molecule has 0 radical (unpaired) electrons. The minimum Gasteiger partial charge on any atom is -0.465 e. The number of hydrogen-bond donors (Lipinski definition) is 0. The van der Waals surface area contributed by atoms with E-state index >= 15 is 0 Å². The van der Waals surface area contributed by atoms with Crippen LogP contribution >= 0.6 is 15.9 Å².